The van der Waals surface area contributed by atoms with Gasteiger partial charge in [0.25, 0.3) is 0 Å². The Kier molecular flexibility index (Phi) is 6.55. The van der Waals surface area contributed by atoms with E-state index >= 15 is 0 Å². The van der Waals surface area contributed by atoms with Crippen molar-refractivity contribution < 1.29 is 0 Å². The van der Waals surface area contributed by atoms with Gasteiger partial charge in [-0.3, -0.25) is 0 Å². The second kappa shape index (κ2) is 7.76. The summed E-state index contributed by atoms with van der Waals surface area (Å²) in [4.78, 5) is 0. The van der Waals surface area contributed by atoms with E-state index in [1.165, 1.54) is 11.4 Å². The Morgan fingerprint density at radius 3 is 1.13 bits per heavy atom. The normalized spacial score (nSPS) is 14.6. The van der Waals surface area contributed by atoms with Gasteiger partial charge in [-0.1, -0.05) is 96.2 Å². The second-order valence-electron chi connectivity index (χ2n) is 13.7. The van der Waals surface area contributed by atoms with Gasteiger partial charge in [-0.25, -0.2) is 9.36 Å². The minimum atomic E-state index is -2.31. The number of halogens is 1. The summed E-state index contributed by atoms with van der Waals surface area (Å²) in [5, 5.41) is 10.4. The Hall–Kier alpha value is -1.07. The van der Waals surface area contributed by atoms with Gasteiger partial charge in [0.1, 0.15) is 5.79 Å². The van der Waals surface area contributed by atoms with Crippen LogP contribution in [0.5, 0.6) is 0 Å². The SMILES string of the molecule is CC(C)(C)c1cc(C(C)(C)C)n(C(n2nc(C(C)(C)C)cc2C(C)(C)C)[Si](C)(C)Cl)n1. The predicted molar refractivity (Wildman–Crippen MR) is 137 cm³/mol. The van der Waals surface area contributed by atoms with Crippen molar-refractivity contribution in [2.75, 3.05) is 0 Å². The first-order chi connectivity index (χ1) is 13.5. The lowest BCUT2D eigenvalue weighted by atomic mass is 9.88. The van der Waals surface area contributed by atoms with E-state index in [9.17, 15) is 0 Å². The standard InChI is InChI=1S/C25H45ClN4Si/c1-22(2,3)17-15-19(24(7,8)9)29(27-17)21(31(13,14)26)30-20(25(10,11)12)16-18(28-30)23(4,5)6/h15-16,21H,1-14H3. The third-order valence-corrected chi connectivity index (χ3v) is 7.93. The third kappa shape index (κ3) is 5.65. The molecule has 2 aromatic heterocycles. The van der Waals surface area contributed by atoms with E-state index in [2.05, 4.69) is 118 Å². The molecule has 2 heterocycles. The molecule has 0 aliphatic heterocycles. The van der Waals surface area contributed by atoms with Gasteiger partial charge in [-0.05, 0) is 12.1 Å². The summed E-state index contributed by atoms with van der Waals surface area (Å²) in [6.45, 7) is 31.2. The van der Waals surface area contributed by atoms with Crippen LogP contribution in [0.15, 0.2) is 12.1 Å². The number of hydrogen-bond donors (Lipinski definition) is 0. The Balaban J connectivity index is 2.93. The molecule has 2 aromatic rings. The lowest BCUT2D eigenvalue weighted by Gasteiger charge is -2.34. The lowest BCUT2D eigenvalue weighted by Crippen LogP contribution is -2.43. The predicted octanol–water partition coefficient (Wildman–Crippen LogP) is 7.30. The molecule has 0 spiro atoms. The summed E-state index contributed by atoms with van der Waals surface area (Å²) in [6.07, 6.45) is 0. The molecule has 0 N–H and O–H groups in total. The molecule has 6 heteroatoms. The molecule has 4 nitrogen and oxygen atoms in total. The molecule has 0 aliphatic carbocycles. The quantitative estimate of drug-likeness (QED) is 0.352. The molecule has 0 fully saturated rings. The van der Waals surface area contributed by atoms with Crippen molar-refractivity contribution in [1.29, 1.82) is 0 Å². The van der Waals surface area contributed by atoms with Crippen molar-refractivity contribution in [3.05, 3.63) is 34.9 Å². The molecule has 176 valence electrons. The molecule has 0 saturated heterocycles. The third-order valence-electron chi connectivity index (χ3n) is 5.62. The smallest absolute Gasteiger partial charge is 0.202 e. The van der Waals surface area contributed by atoms with Crippen LogP contribution in [-0.2, 0) is 21.7 Å². The van der Waals surface area contributed by atoms with Crippen LogP contribution in [0, 0.1) is 0 Å². The van der Waals surface area contributed by atoms with E-state index in [0.717, 1.165) is 11.4 Å². The van der Waals surface area contributed by atoms with Crippen molar-refractivity contribution in [3.8, 4) is 0 Å². The molecule has 0 bridgehead atoms. The van der Waals surface area contributed by atoms with Crippen LogP contribution in [0.4, 0.5) is 0 Å². The largest absolute Gasteiger partial charge is 0.246 e. The van der Waals surface area contributed by atoms with Gasteiger partial charge < -0.3 is 0 Å². The molecular weight excluding hydrogens is 420 g/mol. The minimum absolute atomic E-state index is 0.0403. The fourth-order valence-electron chi connectivity index (χ4n) is 3.70. The minimum Gasteiger partial charge on any atom is -0.246 e. The van der Waals surface area contributed by atoms with Crippen molar-refractivity contribution >= 4 is 18.5 Å². The monoisotopic (exact) mass is 464 g/mol. The van der Waals surface area contributed by atoms with Crippen molar-refractivity contribution in [2.24, 2.45) is 0 Å². The highest BCUT2D eigenvalue weighted by molar-refractivity contribution is 7.19. The van der Waals surface area contributed by atoms with Crippen LogP contribution >= 0.6 is 11.1 Å². The number of rotatable bonds is 3. The van der Waals surface area contributed by atoms with Crippen LogP contribution in [0.25, 0.3) is 0 Å². The Labute approximate surface area is 196 Å². The van der Waals surface area contributed by atoms with Crippen LogP contribution < -0.4 is 0 Å². The van der Waals surface area contributed by atoms with Gasteiger partial charge in [0.15, 0.2) is 0 Å². The van der Waals surface area contributed by atoms with Gasteiger partial charge in [0.2, 0.25) is 7.38 Å². The summed E-state index contributed by atoms with van der Waals surface area (Å²) in [5.41, 5.74) is 4.40. The van der Waals surface area contributed by atoms with E-state index in [1.54, 1.807) is 0 Å². The maximum atomic E-state index is 7.28. The summed E-state index contributed by atoms with van der Waals surface area (Å²) >= 11 is 7.28. The first-order valence-corrected chi connectivity index (χ1v) is 15.5. The van der Waals surface area contributed by atoms with E-state index in [0.29, 0.717) is 0 Å². The average Bonchev–Trinajstić information content (AvgIpc) is 3.08. The van der Waals surface area contributed by atoms with E-state index in [1.807, 2.05) is 0 Å². The topological polar surface area (TPSA) is 35.6 Å². The highest BCUT2D eigenvalue weighted by Gasteiger charge is 2.42. The molecule has 0 atom stereocenters. The summed E-state index contributed by atoms with van der Waals surface area (Å²) in [7, 11) is -2.31. The zero-order valence-corrected chi connectivity index (χ0v) is 24.2. The average molecular weight is 465 g/mol. The van der Waals surface area contributed by atoms with Gasteiger partial charge in [-0.2, -0.15) is 21.3 Å². The van der Waals surface area contributed by atoms with Gasteiger partial charge in [0, 0.05) is 33.0 Å². The fourth-order valence-corrected chi connectivity index (χ4v) is 5.81. The molecule has 0 aliphatic rings. The Morgan fingerprint density at radius 1 is 0.645 bits per heavy atom. The van der Waals surface area contributed by atoms with E-state index in [-0.39, 0.29) is 27.4 Å². The molecule has 0 amide bonds. The van der Waals surface area contributed by atoms with Crippen LogP contribution in [0.2, 0.25) is 13.1 Å². The summed E-state index contributed by atoms with van der Waals surface area (Å²) < 4.78 is 4.41. The summed E-state index contributed by atoms with van der Waals surface area (Å²) in [5.74, 6) is -0.121. The maximum Gasteiger partial charge on any atom is 0.202 e. The van der Waals surface area contributed by atoms with Crippen molar-refractivity contribution in [1.82, 2.24) is 19.6 Å². The Morgan fingerprint density at radius 2 is 0.935 bits per heavy atom. The highest BCUT2D eigenvalue weighted by atomic mass is 35.6. The van der Waals surface area contributed by atoms with E-state index < -0.39 is 7.38 Å². The molecule has 0 saturated carbocycles. The van der Waals surface area contributed by atoms with Crippen LogP contribution in [0.3, 0.4) is 0 Å². The fraction of sp³-hybridized carbons (Fsp3) is 0.760. The molecular formula is C25H45ClN4Si. The van der Waals surface area contributed by atoms with Crippen LogP contribution in [-0.4, -0.2) is 26.9 Å². The number of nitrogens with zero attached hydrogens (tertiary/aromatic N) is 4. The lowest BCUT2D eigenvalue weighted by molar-refractivity contribution is 0.374. The number of aromatic nitrogens is 4. The Bertz CT molecular complexity index is 849. The summed E-state index contributed by atoms with van der Waals surface area (Å²) in [6, 6.07) is 4.55. The second-order valence-corrected chi connectivity index (χ2v) is 20.2. The zero-order chi connectivity index (χ0) is 24.4. The van der Waals surface area contributed by atoms with Crippen LogP contribution in [0.1, 0.15) is 112 Å². The van der Waals surface area contributed by atoms with Gasteiger partial charge in [0.05, 0.1) is 11.4 Å². The zero-order valence-electron chi connectivity index (χ0n) is 22.4. The van der Waals surface area contributed by atoms with Crippen molar-refractivity contribution in [3.63, 3.8) is 0 Å². The van der Waals surface area contributed by atoms with E-state index in [4.69, 9.17) is 21.3 Å². The highest BCUT2D eigenvalue weighted by Crippen LogP contribution is 2.38. The number of hydrogen-bond acceptors (Lipinski definition) is 2. The molecule has 0 radical (unpaired) electrons. The molecule has 2 rings (SSSR count). The van der Waals surface area contributed by atoms with Crippen molar-refractivity contribution in [2.45, 2.75) is 124 Å². The molecule has 0 unspecified atom stereocenters. The van der Waals surface area contributed by atoms with Gasteiger partial charge >= 0.3 is 0 Å². The van der Waals surface area contributed by atoms with Gasteiger partial charge in [-0.15, -0.1) is 0 Å². The molecule has 31 heavy (non-hydrogen) atoms. The molecule has 0 aromatic carbocycles. The maximum absolute atomic E-state index is 7.28. The first-order valence-electron chi connectivity index (χ1n) is 11.4. The first kappa shape index (κ1) is 26.2.